The second kappa shape index (κ2) is 2.34. The van der Waals surface area contributed by atoms with Crippen LogP contribution >= 0.6 is 0 Å². The van der Waals surface area contributed by atoms with Gasteiger partial charge < -0.3 is 0 Å². The predicted molar refractivity (Wildman–Crippen MR) is 40.6 cm³/mol. The molecule has 1 heterocycles. The van der Waals surface area contributed by atoms with Crippen molar-refractivity contribution in [3.63, 3.8) is 0 Å². The zero-order chi connectivity index (χ0) is 6.85. The molecule has 0 aromatic heterocycles. The first-order valence-electron chi connectivity index (χ1n) is 3.44. The molecular formula is C8H13N. The van der Waals surface area contributed by atoms with Gasteiger partial charge >= 0.3 is 0 Å². The van der Waals surface area contributed by atoms with Crippen LogP contribution in [-0.4, -0.2) is 5.71 Å². The average Bonchev–Trinajstić information content (AvgIpc) is 2.14. The molecule has 1 rings (SSSR count). The smallest absolute Gasteiger partial charge is 0.0392 e. The van der Waals surface area contributed by atoms with Crippen LogP contribution in [0.5, 0.6) is 0 Å². The van der Waals surface area contributed by atoms with E-state index >= 15 is 0 Å². The molecule has 0 amide bonds. The summed E-state index contributed by atoms with van der Waals surface area (Å²) in [6.45, 7) is 6.42. The third-order valence-corrected chi connectivity index (χ3v) is 1.52. The van der Waals surface area contributed by atoms with E-state index in [1.165, 1.54) is 11.4 Å². The molecule has 0 aliphatic carbocycles. The topological polar surface area (TPSA) is 12.4 Å². The highest BCUT2D eigenvalue weighted by Crippen LogP contribution is 2.17. The Bertz CT molecular complexity index is 163. The molecule has 0 aromatic rings. The minimum atomic E-state index is 0.599. The summed E-state index contributed by atoms with van der Waals surface area (Å²) in [5, 5.41) is 0. The molecule has 0 aromatic carbocycles. The largest absolute Gasteiger partial charge is 0.262 e. The van der Waals surface area contributed by atoms with Gasteiger partial charge in [-0.15, -0.1) is 0 Å². The molecule has 0 N–H and O–H groups in total. The molecular weight excluding hydrogens is 110 g/mol. The average molecular weight is 123 g/mol. The van der Waals surface area contributed by atoms with Crippen LogP contribution in [0, 0.1) is 5.92 Å². The summed E-state index contributed by atoms with van der Waals surface area (Å²) in [7, 11) is 0. The Morgan fingerprint density at radius 1 is 1.56 bits per heavy atom. The van der Waals surface area contributed by atoms with Crippen LogP contribution < -0.4 is 0 Å². The fourth-order valence-electron chi connectivity index (χ4n) is 0.929. The molecule has 0 fully saturated rings. The summed E-state index contributed by atoms with van der Waals surface area (Å²) in [6, 6.07) is 0. The summed E-state index contributed by atoms with van der Waals surface area (Å²) >= 11 is 0. The van der Waals surface area contributed by atoms with Crippen molar-refractivity contribution in [3.8, 4) is 0 Å². The number of aliphatic imine (C=N–C) groups is 1. The Morgan fingerprint density at radius 2 is 2.22 bits per heavy atom. The van der Waals surface area contributed by atoms with E-state index in [1.807, 2.05) is 0 Å². The van der Waals surface area contributed by atoms with Crippen LogP contribution in [-0.2, 0) is 0 Å². The van der Waals surface area contributed by atoms with Gasteiger partial charge in [-0.05, 0) is 12.8 Å². The fraction of sp³-hybridized carbons (Fsp3) is 0.625. The summed E-state index contributed by atoms with van der Waals surface area (Å²) in [5.41, 5.74) is 2.51. The van der Waals surface area contributed by atoms with Gasteiger partial charge in [0.25, 0.3) is 0 Å². The fourth-order valence-corrected chi connectivity index (χ4v) is 0.929. The minimum Gasteiger partial charge on any atom is -0.262 e. The number of hydrogen-bond acceptors (Lipinski definition) is 1. The standard InChI is InChI=1S/C8H13N/c1-6(2)8-5-4-7(3)9-8/h5-6H,4H2,1-3H3. The Hall–Kier alpha value is -0.590. The van der Waals surface area contributed by atoms with E-state index in [0.717, 1.165) is 6.42 Å². The van der Waals surface area contributed by atoms with Crippen molar-refractivity contribution in [2.75, 3.05) is 0 Å². The third-order valence-electron chi connectivity index (χ3n) is 1.52. The molecule has 0 saturated heterocycles. The van der Waals surface area contributed by atoms with Gasteiger partial charge in [-0.25, -0.2) is 0 Å². The van der Waals surface area contributed by atoms with Gasteiger partial charge in [0.2, 0.25) is 0 Å². The summed E-state index contributed by atoms with van der Waals surface area (Å²) in [4.78, 5) is 4.37. The van der Waals surface area contributed by atoms with E-state index in [4.69, 9.17) is 0 Å². The molecule has 0 saturated carbocycles. The Labute approximate surface area is 56.5 Å². The zero-order valence-electron chi connectivity index (χ0n) is 6.31. The van der Waals surface area contributed by atoms with Crippen molar-refractivity contribution in [2.24, 2.45) is 10.9 Å². The van der Waals surface area contributed by atoms with Crippen LogP contribution in [0.3, 0.4) is 0 Å². The van der Waals surface area contributed by atoms with Crippen molar-refractivity contribution >= 4 is 5.71 Å². The summed E-state index contributed by atoms with van der Waals surface area (Å²) in [6.07, 6.45) is 3.27. The monoisotopic (exact) mass is 123 g/mol. The normalized spacial score (nSPS) is 18.2. The van der Waals surface area contributed by atoms with E-state index in [2.05, 4.69) is 31.8 Å². The van der Waals surface area contributed by atoms with Gasteiger partial charge in [0.05, 0.1) is 0 Å². The van der Waals surface area contributed by atoms with Gasteiger partial charge in [0, 0.05) is 17.8 Å². The van der Waals surface area contributed by atoms with Crippen molar-refractivity contribution in [2.45, 2.75) is 27.2 Å². The quantitative estimate of drug-likeness (QED) is 0.507. The summed E-state index contributed by atoms with van der Waals surface area (Å²) in [5.74, 6) is 0.599. The van der Waals surface area contributed by atoms with E-state index < -0.39 is 0 Å². The molecule has 1 aliphatic rings. The van der Waals surface area contributed by atoms with Gasteiger partial charge in [0.15, 0.2) is 0 Å². The van der Waals surface area contributed by atoms with Crippen LogP contribution in [0.1, 0.15) is 27.2 Å². The number of nitrogens with zero attached hydrogens (tertiary/aromatic N) is 1. The van der Waals surface area contributed by atoms with Crippen LogP contribution in [0.4, 0.5) is 0 Å². The first kappa shape index (κ1) is 6.53. The highest BCUT2D eigenvalue weighted by Gasteiger charge is 2.06. The second-order valence-electron chi connectivity index (χ2n) is 2.83. The lowest BCUT2D eigenvalue weighted by molar-refractivity contribution is 0.761. The SMILES string of the molecule is CC1=NC(C(C)C)=CC1. The molecule has 9 heavy (non-hydrogen) atoms. The molecule has 0 bridgehead atoms. The first-order chi connectivity index (χ1) is 4.20. The van der Waals surface area contributed by atoms with Crippen molar-refractivity contribution in [1.29, 1.82) is 0 Å². The maximum atomic E-state index is 4.37. The zero-order valence-corrected chi connectivity index (χ0v) is 6.31. The van der Waals surface area contributed by atoms with Crippen LogP contribution in [0.2, 0.25) is 0 Å². The van der Waals surface area contributed by atoms with Crippen LogP contribution in [0.15, 0.2) is 16.8 Å². The van der Waals surface area contributed by atoms with Gasteiger partial charge in [-0.3, -0.25) is 4.99 Å². The van der Waals surface area contributed by atoms with Crippen molar-refractivity contribution < 1.29 is 0 Å². The van der Waals surface area contributed by atoms with Crippen molar-refractivity contribution in [3.05, 3.63) is 11.8 Å². The lowest BCUT2D eigenvalue weighted by Gasteiger charge is -1.99. The highest BCUT2D eigenvalue weighted by molar-refractivity contribution is 5.86. The molecule has 50 valence electrons. The van der Waals surface area contributed by atoms with Gasteiger partial charge in [-0.1, -0.05) is 19.9 Å². The van der Waals surface area contributed by atoms with Gasteiger partial charge in [0.1, 0.15) is 0 Å². The van der Waals surface area contributed by atoms with E-state index in [0.29, 0.717) is 5.92 Å². The Balaban J connectivity index is 2.64. The highest BCUT2D eigenvalue weighted by atomic mass is 14.8. The van der Waals surface area contributed by atoms with Gasteiger partial charge in [-0.2, -0.15) is 0 Å². The number of rotatable bonds is 1. The maximum Gasteiger partial charge on any atom is 0.0392 e. The van der Waals surface area contributed by atoms with E-state index in [1.54, 1.807) is 0 Å². The Kier molecular flexibility index (Phi) is 1.70. The predicted octanol–water partition coefficient (Wildman–Crippen LogP) is 2.39. The molecule has 0 atom stereocenters. The number of allylic oxidation sites excluding steroid dienone is 2. The van der Waals surface area contributed by atoms with E-state index in [9.17, 15) is 0 Å². The maximum absolute atomic E-state index is 4.37. The molecule has 0 radical (unpaired) electrons. The minimum absolute atomic E-state index is 0.599. The van der Waals surface area contributed by atoms with E-state index in [-0.39, 0.29) is 0 Å². The Morgan fingerprint density at radius 3 is 2.44 bits per heavy atom. The number of hydrogen-bond donors (Lipinski definition) is 0. The summed E-state index contributed by atoms with van der Waals surface area (Å²) < 4.78 is 0. The molecule has 0 spiro atoms. The third kappa shape index (κ3) is 1.41. The van der Waals surface area contributed by atoms with Crippen molar-refractivity contribution in [1.82, 2.24) is 0 Å². The molecule has 0 unspecified atom stereocenters. The lowest BCUT2D eigenvalue weighted by atomic mass is 10.1. The lowest BCUT2D eigenvalue weighted by Crippen LogP contribution is -1.87. The van der Waals surface area contributed by atoms with Crippen LogP contribution in [0.25, 0.3) is 0 Å². The second-order valence-corrected chi connectivity index (χ2v) is 2.83. The molecule has 1 nitrogen and oxygen atoms in total. The first-order valence-corrected chi connectivity index (χ1v) is 3.44. The molecule has 1 aliphatic heterocycles. The molecule has 1 heteroatoms.